The lowest BCUT2D eigenvalue weighted by molar-refractivity contribution is -0.116. The van der Waals surface area contributed by atoms with Crippen LogP contribution in [0.15, 0.2) is 42.5 Å². The van der Waals surface area contributed by atoms with Crippen LogP contribution in [-0.2, 0) is 4.79 Å². The first-order chi connectivity index (χ1) is 12.4. The van der Waals surface area contributed by atoms with E-state index in [2.05, 4.69) is 5.32 Å². The maximum atomic E-state index is 12.6. The Balaban J connectivity index is 2.03. The van der Waals surface area contributed by atoms with E-state index in [9.17, 15) is 9.59 Å². The van der Waals surface area contributed by atoms with Crippen LogP contribution in [0.2, 0.25) is 0 Å². The predicted molar refractivity (Wildman–Crippen MR) is 101 cm³/mol. The lowest BCUT2D eigenvalue weighted by Crippen LogP contribution is -2.34. The molecular formula is C20H24N2O4. The van der Waals surface area contributed by atoms with Gasteiger partial charge in [0.1, 0.15) is 0 Å². The van der Waals surface area contributed by atoms with Crippen molar-refractivity contribution in [3.05, 3.63) is 53.6 Å². The van der Waals surface area contributed by atoms with Crippen LogP contribution in [0.1, 0.15) is 22.8 Å². The Kier molecular flexibility index (Phi) is 6.60. The highest BCUT2D eigenvalue weighted by Crippen LogP contribution is 2.28. The number of aryl methyl sites for hydroxylation is 1. The molecule has 0 atom stereocenters. The summed E-state index contributed by atoms with van der Waals surface area (Å²) in [5, 5.41) is 2.78. The second kappa shape index (κ2) is 8.89. The van der Waals surface area contributed by atoms with Gasteiger partial charge >= 0.3 is 0 Å². The monoisotopic (exact) mass is 356 g/mol. The molecule has 0 saturated carbocycles. The maximum Gasteiger partial charge on any atom is 0.254 e. The summed E-state index contributed by atoms with van der Waals surface area (Å²) in [6.45, 7) is 4.24. The van der Waals surface area contributed by atoms with Gasteiger partial charge in [-0.25, -0.2) is 0 Å². The second-order valence-corrected chi connectivity index (χ2v) is 5.87. The van der Waals surface area contributed by atoms with Crippen molar-refractivity contribution < 1.29 is 19.1 Å². The van der Waals surface area contributed by atoms with Crippen LogP contribution in [-0.4, -0.2) is 44.0 Å². The van der Waals surface area contributed by atoms with Crippen molar-refractivity contribution in [2.24, 2.45) is 0 Å². The van der Waals surface area contributed by atoms with E-state index >= 15 is 0 Å². The lowest BCUT2D eigenvalue weighted by atomic mass is 10.1. The van der Waals surface area contributed by atoms with Gasteiger partial charge in [0.2, 0.25) is 5.91 Å². The summed E-state index contributed by atoms with van der Waals surface area (Å²) in [6.07, 6.45) is 0. The second-order valence-electron chi connectivity index (χ2n) is 5.87. The molecule has 6 heteroatoms. The average Bonchev–Trinajstić information content (AvgIpc) is 2.63. The van der Waals surface area contributed by atoms with Gasteiger partial charge in [-0.15, -0.1) is 0 Å². The van der Waals surface area contributed by atoms with Gasteiger partial charge in [-0.05, 0) is 44.2 Å². The van der Waals surface area contributed by atoms with Gasteiger partial charge in [-0.3, -0.25) is 9.59 Å². The third-order valence-corrected chi connectivity index (χ3v) is 3.77. The van der Waals surface area contributed by atoms with Crippen LogP contribution in [0, 0.1) is 6.92 Å². The normalized spacial score (nSPS) is 10.2. The molecule has 0 fully saturated rings. The molecule has 0 aliphatic heterocycles. The maximum absolute atomic E-state index is 12.6. The highest BCUT2D eigenvalue weighted by atomic mass is 16.5. The standard InChI is InChI=1S/C20H24N2O4/c1-5-26-18-12-15(8-11-17(18)25-4)20(24)22(3)13-19(23)21-16-9-6-14(2)7-10-16/h6-12H,5,13H2,1-4H3,(H,21,23). The first kappa shape index (κ1) is 19.3. The topological polar surface area (TPSA) is 67.9 Å². The Morgan fingerprint density at radius 1 is 1.08 bits per heavy atom. The number of methoxy groups -OCH3 is 1. The highest BCUT2D eigenvalue weighted by Gasteiger charge is 2.17. The lowest BCUT2D eigenvalue weighted by Gasteiger charge is -2.18. The number of nitrogens with zero attached hydrogens (tertiary/aromatic N) is 1. The van der Waals surface area contributed by atoms with Crippen LogP contribution < -0.4 is 14.8 Å². The molecule has 2 aromatic carbocycles. The first-order valence-corrected chi connectivity index (χ1v) is 8.37. The van der Waals surface area contributed by atoms with Gasteiger partial charge in [-0.2, -0.15) is 0 Å². The number of carbonyl (C=O) groups is 2. The molecule has 0 radical (unpaired) electrons. The molecule has 0 unspecified atom stereocenters. The number of rotatable bonds is 7. The van der Waals surface area contributed by atoms with Crippen LogP contribution >= 0.6 is 0 Å². The number of benzene rings is 2. The van der Waals surface area contributed by atoms with Crippen LogP contribution in [0.4, 0.5) is 5.69 Å². The minimum Gasteiger partial charge on any atom is -0.493 e. The molecule has 2 amide bonds. The molecule has 0 heterocycles. The van der Waals surface area contributed by atoms with Crippen molar-refractivity contribution in [1.82, 2.24) is 4.90 Å². The molecule has 0 aromatic heterocycles. The van der Waals surface area contributed by atoms with Gasteiger partial charge in [0.15, 0.2) is 11.5 Å². The number of anilines is 1. The number of hydrogen-bond acceptors (Lipinski definition) is 4. The molecule has 0 saturated heterocycles. The molecule has 26 heavy (non-hydrogen) atoms. The molecule has 138 valence electrons. The Bertz CT molecular complexity index is 772. The summed E-state index contributed by atoms with van der Waals surface area (Å²) in [5.74, 6) is 0.525. The summed E-state index contributed by atoms with van der Waals surface area (Å²) in [7, 11) is 3.13. The summed E-state index contributed by atoms with van der Waals surface area (Å²) in [6, 6.07) is 12.4. The van der Waals surface area contributed by atoms with Crippen molar-refractivity contribution >= 4 is 17.5 Å². The minimum atomic E-state index is -0.271. The van der Waals surface area contributed by atoms with Gasteiger partial charge < -0.3 is 19.7 Å². The smallest absolute Gasteiger partial charge is 0.254 e. The Morgan fingerprint density at radius 2 is 1.77 bits per heavy atom. The Hall–Kier alpha value is -3.02. The van der Waals surface area contributed by atoms with E-state index in [0.717, 1.165) is 5.56 Å². The van der Waals surface area contributed by atoms with Gasteiger partial charge in [0, 0.05) is 18.3 Å². The zero-order chi connectivity index (χ0) is 19.1. The Morgan fingerprint density at radius 3 is 2.38 bits per heavy atom. The Labute approximate surface area is 153 Å². The van der Waals surface area contributed by atoms with Crippen molar-refractivity contribution in [1.29, 1.82) is 0 Å². The SMILES string of the molecule is CCOc1cc(C(=O)N(C)CC(=O)Nc2ccc(C)cc2)ccc1OC. The molecular weight excluding hydrogens is 332 g/mol. The summed E-state index contributed by atoms with van der Waals surface area (Å²) < 4.78 is 10.7. The predicted octanol–water partition coefficient (Wildman–Crippen LogP) is 3.11. The van der Waals surface area contributed by atoms with Crippen molar-refractivity contribution in [2.45, 2.75) is 13.8 Å². The number of nitrogens with one attached hydrogen (secondary N) is 1. The summed E-state index contributed by atoms with van der Waals surface area (Å²) >= 11 is 0. The molecule has 0 spiro atoms. The van der Waals surface area contributed by atoms with Crippen molar-refractivity contribution in [3.8, 4) is 11.5 Å². The van der Waals surface area contributed by atoms with Crippen LogP contribution in [0.3, 0.4) is 0 Å². The largest absolute Gasteiger partial charge is 0.493 e. The molecule has 0 aliphatic rings. The molecule has 1 N–H and O–H groups in total. The minimum absolute atomic E-state index is 0.0529. The fraction of sp³-hybridized carbons (Fsp3) is 0.300. The third kappa shape index (κ3) is 4.99. The third-order valence-electron chi connectivity index (χ3n) is 3.77. The van der Waals surface area contributed by atoms with Crippen LogP contribution in [0.25, 0.3) is 0 Å². The number of carbonyl (C=O) groups excluding carboxylic acids is 2. The number of ether oxygens (including phenoxy) is 2. The zero-order valence-electron chi connectivity index (χ0n) is 15.5. The van der Waals surface area contributed by atoms with Gasteiger partial charge in [-0.1, -0.05) is 17.7 Å². The average molecular weight is 356 g/mol. The van der Waals surface area contributed by atoms with E-state index in [-0.39, 0.29) is 18.4 Å². The molecule has 6 nitrogen and oxygen atoms in total. The number of likely N-dealkylation sites (N-methyl/N-ethyl adjacent to an activating group) is 1. The molecule has 2 aromatic rings. The summed E-state index contributed by atoms with van der Waals surface area (Å²) in [4.78, 5) is 26.1. The van der Waals surface area contributed by atoms with E-state index < -0.39 is 0 Å². The molecule has 0 bridgehead atoms. The molecule has 0 aliphatic carbocycles. The van der Waals surface area contributed by atoms with Gasteiger partial charge in [0.05, 0.1) is 20.3 Å². The summed E-state index contributed by atoms with van der Waals surface area (Å²) in [5.41, 5.74) is 2.24. The van der Waals surface area contributed by atoms with E-state index in [1.165, 1.54) is 4.90 Å². The number of amides is 2. The van der Waals surface area contributed by atoms with Gasteiger partial charge in [0.25, 0.3) is 5.91 Å². The van der Waals surface area contributed by atoms with E-state index in [4.69, 9.17) is 9.47 Å². The first-order valence-electron chi connectivity index (χ1n) is 8.37. The zero-order valence-corrected chi connectivity index (χ0v) is 15.5. The van der Waals surface area contributed by atoms with E-state index in [1.54, 1.807) is 32.4 Å². The quantitative estimate of drug-likeness (QED) is 0.828. The fourth-order valence-corrected chi connectivity index (χ4v) is 2.42. The number of hydrogen-bond donors (Lipinski definition) is 1. The van der Waals surface area contributed by atoms with E-state index in [1.807, 2.05) is 38.1 Å². The molecule has 2 rings (SSSR count). The highest BCUT2D eigenvalue weighted by molar-refractivity contribution is 5.99. The fourth-order valence-electron chi connectivity index (χ4n) is 2.42. The van der Waals surface area contributed by atoms with Crippen molar-refractivity contribution in [2.75, 3.05) is 32.6 Å². The van der Waals surface area contributed by atoms with Crippen molar-refractivity contribution in [3.63, 3.8) is 0 Å². The van der Waals surface area contributed by atoms with Crippen LogP contribution in [0.5, 0.6) is 11.5 Å². The van der Waals surface area contributed by atoms with E-state index in [0.29, 0.717) is 29.4 Å².